The van der Waals surface area contributed by atoms with Crippen LogP contribution in [0.25, 0.3) is 0 Å². The first kappa shape index (κ1) is 12.4. The van der Waals surface area contributed by atoms with Gasteiger partial charge in [-0.25, -0.2) is 0 Å². The van der Waals surface area contributed by atoms with Crippen LogP contribution < -0.4 is 11.1 Å². The summed E-state index contributed by atoms with van der Waals surface area (Å²) < 4.78 is 0.858. The van der Waals surface area contributed by atoms with Crippen LogP contribution in [-0.4, -0.2) is 12.1 Å². The minimum Gasteiger partial charge on any atom is -0.324 e. The molecule has 0 amide bonds. The number of nitrogens with one attached hydrogen (secondary N) is 1. The van der Waals surface area contributed by atoms with Crippen molar-refractivity contribution >= 4 is 22.9 Å². The summed E-state index contributed by atoms with van der Waals surface area (Å²) in [6.45, 7) is 1.80. The third-order valence-corrected chi connectivity index (χ3v) is 4.49. The average molecular weight is 259 g/mol. The van der Waals surface area contributed by atoms with Gasteiger partial charge < -0.3 is 11.1 Å². The number of halogens is 1. The zero-order valence-corrected chi connectivity index (χ0v) is 11.0. The van der Waals surface area contributed by atoms with Gasteiger partial charge in [-0.3, -0.25) is 0 Å². The van der Waals surface area contributed by atoms with Crippen LogP contribution in [-0.2, 0) is 6.54 Å². The number of hydrogen-bond acceptors (Lipinski definition) is 3. The van der Waals surface area contributed by atoms with Gasteiger partial charge in [-0.2, -0.15) is 0 Å². The third-order valence-electron chi connectivity index (χ3n) is 3.25. The highest BCUT2D eigenvalue weighted by Gasteiger charge is 2.26. The van der Waals surface area contributed by atoms with Crippen molar-refractivity contribution in [2.24, 2.45) is 5.73 Å². The molecule has 4 heteroatoms. The van der Waals surface area contributed by atoms with Gasteiger partial charge in [0.05, 0.1) is 4.34 Å². The minimum absolute atomic E-state index is 0.0271. The van der Waals surface area contributed by atoms with Crippen molar-refractivity contribution in [1.82, 2.24) is 5.32 Å². The first-order valence-corrected chi connectivity index (χ1v) is 7.11. The molecule has 2 rings (SSSR count). The molecule has 1 fully saturated rings. The van der Waals surface area contributed by atoms with Crippen LogP contribution in [0, 0.1) is 0 Å². The van der Waals surface area contributed by atoms with Gasteiger partial charge in [0.25, 0.3) is 0 Å². The fourth-order valence-electron chi connectivity index (χ4n) is 2.31. The highest BCUT2D eigenvalue weighted by molar-refractivity contribution is 7.16. The molecule has 3 N–H and O–H groups in total. The minimum atomic E-state index is 0.0271. The van der Waals surface area contributed by atoms with Gasteiger partial charge in [0.1, 0.15) is 0 Å². The molecular weight excluding hydrogens is 240 g/mol. The van der Waals surface area contributed by atoms with Crippen LogP contribution in [0.1, 0.15) is 37.0 Å². The first-order valence-electron chi connectivity index (χ1n) is 5.92. The van der Waals surface area contributed by atoms with Crippen LogP contribution in [0.15, 0.2) is 12.1 Å². The highest BCUT2D eigenvalue weighted by Crippen LogP contribution is 2.25. The van der Waals surface area contributed by atoms with E-state index < -0.39 is 0 Å². The maximum absolute atomic E-state index is 6.34. The van der Waals surface area contributed by atoms with E-state index in [9.17, 15) is 0 Å². The second-order valence-electron chi connectivity index (χ2n) is 4.73. The Bertz CT molecular complexity index is 332. The second-order valence-corrected chi connectivity index (χ2v) is 6.53. The van der Waals surface area contributed by atoms with Crippen molar-refractivity contribution in [2.75, 3.05) is 6.54 Å². The maximum Gasteiger partial charge on any atom is 0.0931 e. The first-order chi connectivity index (χ1) is 7.68. The summed E-state index contributed by atoms with van der Waals surface area (Å²) in [7, 11) is 0. The lowest BCUT2D eigenvalue weighted by molar-refractivity contribution is 0.283. The number of thiophene rings is 1. The second kappa shape index (κ2) is 5.50. The quantitative estimate of drug-likeness (QED) is 0.871. The summed E-state index contributed by atoms with van der Waals surface area (Å²) >= 11 is 7.52. The predicted molar refractivity (Wildman–Crippen MR) is 71.0 cm³/mol. The van der Waals surface area contributed by atoms with Crippen molar-refractivity contribution < 1.29 is 0 Å². The Labute approximate surface area is 106 Å². The molecule has 0 saturated heterocycles. The smallest absolute Gasteiger partial charge is 0.0931 e. The predicted octanol–water partition coefficient (Wildman–Crippen LogP) is 3.15. The van der Waals surface area contributed by atoms with Gasteiger partial charge >= 0.3 is 0 Å². The Morgan fingerprint density at radius 3 is 2.69 bits per heavy atom. The molecule has 0 aliphatic heterocycles. The van der Waals surface area contributed by atoms with Crippen LogP contribution in [0.5, 0.6) is 0 Å². The molecule has 1 aromatic heterocycles. The summed E-state index contributed by atoms with van der Waals surface area (Å²) in [4.78, 5) is 1.28. The van der Waals surface area contributed by atoms with Crippen molar-refractivity contribution in [3.05, 3.63) is 21.3 Å². The molecule has 0 spiro atoms. The van der Waals surface area contributed by atoms with Crippen molar-refractivity contribution in [3.63, 3.8) is 0 Å². The van der Waals surface area contributed by atoms with Gasteiger partial charge in [0.2, 0.25) is 0 Å². The van der Waals surface area contributed by atoms with E-state index in [1.807, 2.05) is 6.07 Å². The van der Waals surface area contributed by atoms with E-state index in [-0.39, 0.29) is 5.54 Å². The van der Waals surface area contributed by atoms with Crippen molar-refractivity contribution in [3.8, 4) is 0 Å². The van der Waals surface area contributed by atoms with Crippen molar-refractivity contribution in [1.29, 1.82) is 0 Å². The molecule has 90 valence electrons. The van der Waals surface area contributed by atoms with E-state index in [0.717, 1.165) is 30.3 Å². The molecule has 1 aromatic rings. The Morgan fingerprint density at radius 2 is 2.06 bits per heavy atom. The molecule has 0 aromatic carbocycles. The molecule has 0 radical (unpaired) electrons. The van der Waals surface area contributed by atoms with Crippen LogP contribution in [0.3, 0.4) is 0 Å². The number of rotatable bonds is 4. The fraction of sp³-hybridized carbons (Fsp3) is 0.667. The molecule has 1 aliphatic carbocycles. The molecule has 0 unspecified atom stereocenters. The van der Waals surface area contributed by atoms with Gasteiger partial charge in [0, 0.05) is 23.5 Å². The summed E-state index contributed by atoms with van der Waals surface area (Å²) in [6, 6.07) is 4.02. The Kier molecular flexibility index (Phi) is 4.25. The van der Waals surface area contributed by atoms with Crippen molar-refractivity contribution in [2.45, 2.75) is 44.2 Å². The highest BCUT2D eigenvalue weighted by atomic mass is 35.5. The molecule has 1 heterocycles. The molecule has 2 nitrogen and oxygen atoms in total. The van der Waals surface area contributed by atoms with Gasteiger partial charge in [-0.05, 0) is 25.0 Å². The zero-order valence-electron chi connectivity index (χ0n) is 9.47. The molecule has 1 aliphatic rings. The lowest BCUT2D eigenvalue weighted by atomic mass is 9.82. The number of hydrogen-bond donors (Lipinski definition) is 2. The van der Waals surface area contributed by atoms with Crippen LogP contribution in [0.2, 0.25) is 4.34 Å². The molecule has 16 heavy (non-hydrogen) atoms. The third kappa shape index (κ3) is 3.45. The summed E-state index contributed by atoms with van der Waals surface area (Å²) in [5.74, 6) is 0. The molecular formula is C12H19ClN2S. The zero-order chi connectivity index (χ0) is 11.4. The van der Waals surface area contributed by atoms with Gasteiger partial charge in [-0.1, -0.05) is 30.9 Å². The fourth-order valence-corrected chi connectivity index (χ4v) is 3.37. The molecule has 1 saturated carbocycles. The van der Waals surface area contributed by atoms with E-state index in [1.54, 1.807) is 11.3 Å². The maximum atomic E-state index is 6.34. The summed E-state index contributed by atoms with van der Waals surface area (Å²) in [5.41, 5.74) is 6.37. The monoisotopic (exact) mass is 258 g/mol. The molecule has 0 bridgehead atoms. The topological polar surface area (TPSA) is 38.0 Å². The lowest BCUT2D eigenvalue weighted by Gasteiger charge is -2.33. The summed E-state index contributed by atoms with van der Waals surface area (Å²) in [5, 5.41) is 3.45. The van der Waals surface area contributed by atoms with Gasteiger partial charge in [0.15, 0.2) is 0 Å². The van der Waals surface area contributed by atoms with Crippen LogP contribution >= 0.6 is 22.9 Å². The Hall–Kier alpha value is -0.0900. The van der Waals surface area contributed by atoms with Crippen LogP contribution in [0.4, 0.5) is 0 Å². The average Bonchev–Trinajstić information content (AvgIpc) is 2.65. The van der Waals surface area contributed by atoms with E-state index in [1.165, 1.54) is 24.1 Å². The van der Waals surface area contributed by atoms with E-state index in [2.05, 4.69) is 11.4 Å². The van der Waals surface area contributed by atoms with E-state index in [0.29, 0.717) is 0 Å². The largest absolute Gasteiger partial charge is 0.324 e. The van der Waals surface area contributed by atoms with E-state index >= 15 is 0 Å². The summed E-state index contributed by atoms with van der Waals surface area (Å²) in [6.07, 6.45) is 6.22. The Balaban J connectivity index is 1.74. The van der Waals surface area contributed by atoms with E-state index in [4.69, 9.17) is 17.3 Å². The normalized spacial score (nSPS) is 19.9. The standard InChI is InChI=1S/C12H19ClN2S/c13-11-5-4-10(16-11)8-15-9-12(14)6-2-1-3-7-12/h4-5,15H,1-3,6-9,14H2. The SMILES string of the molecule is NC1(CNCc2ccc(Cl)s2)CCCCC1. The Morgan fingerprint density at radius 1 is 1.31 bits per heavy atom. The molecule has 0 atom stereocenters. The lowest BCUT2D eigenvalue weighted by Crippen LogP contribution is -2.49. The number of nitrogens with two attached hydrogens (primary N) is 1. The van der Waals surface area contributed by atoms with Gasteiger partial charge in [-0.15, -0.1) is 11.3 Å².